The van der Waals surface area contributed by atoms with Crippen molar-refractivity contribution in [2.45, 2.75) is 220 Å². The summed E-state index contributed by atoms with van der Waals surface area (Å²) in [6.45, 7) is 11.1. The molecule has 49 heavy (non-hydrogen) atoms. The van der Waals surface area contributed by atoms with E-state index in [9.17, 15) is 0 Å². The Hall–Kier alpha value is -0.560. The van der Waals surface area contributed by atoms with Gasteiger partial charge in [0.1, 0.15) is 0 Å². The van der Waals surface area contributed by atoms with Crippen LogP contribution in [-0.2, 0) is 4.74 Å². The number of unbranched alkanes of at least 4 members (excludes halogenated alkanes) is 6. The lowest BCUT2D eigenvalue weighted by Crippen LogP contribution is -2.24. The van der Waals surface area contributed by atoms with Gasteiger partial charge in [-0.05, 0) is 150 Å². The van der Waals surface area contributed by atoms with Crippen molar-refractivity contribution >= 4 is 0 Å². The van der Waals surface area contributed by atoms with Crippen LogP contribution in [0.2, 0.25) is 0 Å². The minimum Gasteiger partial charge on any atom is -0.373 e. The van der Waals surface area contributed by atoms with E-state index in [2.05, 4.69) is 39.8 Å². The molecule has 0 aromatic rings. The summed E-state index contributed by atoms with van der Waals surface area (Å²) < 4.78 is 6.62. The lowest BCUT2D eigenvalue weighted by molar-refractivity contribution is 0.184. The van der Waals surface area contributed by atoms with Crippen molar-refractivity contribution < 1.29 is 4.74 Å². The third kappa shape index (κ3) is 14.8. The van der Waals surface area contributed by atoms with Crippen LogP contribution in [0.4, 0.5) is 0 Å². The molecule has 0 heterocycles. The van der Waals surface area contributed by atoms with Gasteiger partial charge in [-0.15, -0.1) is 0 Å². The molecule has 4 aliphatic rings. The van der Waals surface area contributed by atoms with Crippen molar-refractivity contribution in [3.8, 4) is 0 Å². The Morgan fingerprint density at radius 3 is 0.959 bits per heavy atom. The summed E-state index contributed by atoms with van der Waals surface area (Å²) in [5.74, 6) is 7.34. The average molecular weight is 679 g/mol. The summed E-state index contributed by atoms with van der Waals surface area (Å²) in [5, 5.41) is 0. The SMILES string of the molecule is CCCCCC[C@H]1CC[C@H](C(=CCOCC=C([C@H]2CC[C@H](CCC)CC2)[C@H]2CC[C@H](CCCCCC)CC2)[C@H]2CC[C@H](CCC)CC2)CC1. The second-order valence-corrected chi connectivity index (χ2v) is 18.1. The molecule has 1 heteroatoms. The fourth-order valence-corrected chi connectivity index (χ4v) is 11.4. The summed E-state index contributed by atoms with van der Waals surface area (Å²) >= 11 is 0. The zero-order valence-electron chi connectivity index (χ0n) is 33.8. The van der Waals surface area contributed by atoms with Crippen LogP contribution in [0.1, 0.15) is 220 Å². The maximum atomic E-state index is 6.62. The monoisotopic (exact) mass is 679 g/mol. The molecule has 4 aliphatic carbocycles. The Bertz CT molecular complexity index is 795. The van der Waals surface area contributed by atoms with Crippen LogP contribution in [-0.4, -0.2) is 13.2 Å². The van der Waals surface area contributed by atoms with E-state index in [1.807, 2.05) is 11.1 Å². The summed E-state index contributed by atoms with van der Waals surface area (Å²) in [4.78, 5) is 0. The van der Waals surface area contributed by atoms with Crippen molar-refractivity contribution in [1.82, 2.24) is 0 Å². The van der Waals surface area contributed by atoms with Crippen molar-refractivity contribution in [3.05, 3.63) is 23.3 Å². The number of ether oxygens (including phenoxy) is 1. The second kappa shape index (κ2) is 24.6. The van der Waals surface area contributed by atoms with Crippen LogP contribution in [0.15, 0.2) is 23.3 Å². The fraction of sp³-hybridized carbons (Fsp3) is 0.917. The lowest BCUT2D eigenvalue weighted by atomic mass is 9.69. The highest BCUT2D eigenvalue weighted by molar-refractivity contribution is 5.15. The molecule has 0 aromatic carbocycles. The number of allylic oxidation sites excluding steroid dienone is 2. The Labute approximate surface area is 308 Å². The van der Waals surface area contributed by atoms with Gasteiger partial charge < -0.3 is 4.74 Å². The zero-order valence-corrected chi connectivity index (χ0v) is 33.8. The molecular formula is C48H86O. The van der Waals surface area contributed by atoms with Gasteiger partial charge in [0.15, 0.2) is 0 Å². The molecule has 0 saturated heterocycles. The Morgan fingerprint density at radius 1 is 0.367 bits per heavy atom. The van der Waals surface area contributed by atoms with Gasteiger partial charge in [-0.1, -0.05) is 141 Å². The second-order valence-electron chi connectivity index (χ2n) is 18.1. The Kier molecular flexibility index (Phi) is 20.7. The minimum atomic E-state index is 0.837. The van der Waals surface area contributed by atoms with E-state index in [-0.39, 0.29) is 0 Å². The number of rotatable bonds is 22. The standard InChI is InChI=1S/C48H86O/c1-5-9-11-13-17-41-23-31-45(32-24-41)47(43-27-19-39(15-7-3)20-28-43)35-37-49-38-36-48(44-29-21-40(16-8-4)22-30-44)46-33-25-42(26-34-46)18-14-12-10-6-2/h35-36,39-46H,5-34,37-38H2,1-4H3/t39-,40-,41-,42-,43-,44-,45-,46-. The van der Waals surface area contributed by atoms with Crippen molar-refractivity contribution in [2.75, 3.05) is 13.2 Å². The highest BCUT2D eigenvalue weighted by Crippen LogP contribution is 2.45. The smallest absolute Gasteiger partial charge is 0.0654 e. The first-order chi connectivity index (χ1) is 24.1. The van der Waals surface area contributed by atoms with Crippen molar-refractivity contribution in [3.63, 3.8) is 0 Å². The van der Waals surface area contributed by atoms with E-state index in [0.717, 1.165) is 60.6 Å². The predicted molar refractivity (Wildman–Crippen MR) is 216 cm³/mol. The van der Waals surface area contributed by atoms with Crippen LogP contribution in [0.3, 0.4) is 0 Å². The first-order valence-electron chi connectivity index (χ1n) is 23.1. The van der Waals surface area contributed by atoms with Crippen LogP contribution in [0.5, 0.6) is 0 Å². The van der Waals surface area contributed by atoms with Gasteiger partial charge in [-0.25, -0.2) is 0 Å². The van der Waals surface area contributed by atoms with Crippen LogP contribution in [0, 0.1) is 47.3 Å². The van der Waals surface area contributed by atoms with Crippen molar-refractivity contribution in [1.29, 1.82) is 0 Å². The highest BCUT2D eigenvalue weighted by Gasteiger charge is 2.32. The van der Waals surface area contributed by atoms with Gasteiger partial charge in [-0.2, -0.15) is 0 Å². The van der Waals surface area contributed by atoms with E-state index < -0.39 is 0 Å². The maximum Gasteiger partial charge on any atom is 0.0654 e. The molecule has 284 valence electrons. The molecule has 4 fully saturated rings. The van der Waals surface area contributed by atoms with Gasteiger partial charge in [-0.3, -0.25) is 0 Å². The molecule has 0 radical (unpaired) electrons. The third-order valence-electron chi connectivity index (χ3n) is 14.5. The summed E-state index contributed by atoms with van der Waals surface area (Å²) in [6, 6.07) is 0. The zero-order chi connectivity index (χ0) is 34.5. The molecule has 0 bridgehead atoms. The van der Waals surface area contributed by atoms with Crippen LogP contribution < -0.4 is 0 Å². The lowest BCUT2D eigenvalue weighted by Gasteiger charge is -2.37. The molecule has 0 atom stereocenters. The molecule has 0 amide bonds. The van der Waals surface area contributed by atoms with E-state index in [0.29, 0.717) is 0 Å². The minimum absolute atomic E-state index is 0.837. The van der Waals surface area contributed by atoms with E-state index in [4.69, 9.17) is 4.74 Å². The first kappa shape index (κ1) is 41.2. The third-order valence-corrected chi connectivity index (χ3v) is 14.5. The van der Waals surface area contributed by atoms with Gasteiger partial charge in [0.05, 0.1) is 13.2 Å². The molecule has 0 unspecified atom stereocenters. The summed E-state index contributed by atoms with van der Waals surface area (Å²) in [7, 11) is 0. The molecule has 4 rings (SSSR count). The summed E-state index contributed by atoms with van der Waals surface area (Å²) in [5.41, 5.74) is 3.69. The molecular weight excluding hydrogens is 593 g/mol. The predicted octanol–water partition coefficient (Wildman–Crippen LogP) is 15.6. The van der Waals surface area contributed by atoms with Gasteiger partial charge >= 0.3 is 0 Å². The number of hydrogen-bond donors (Lipinski definition) is 0. The molecule has 1 nitrogen and oxygen atoms in total. The highest BCUT2D eigenvalue weighted by atomic mass is 16.5. The van der Waals surface area contributed by atoms with Gasteiger partial charge in [0, 0.05) is 0 Å². The van der Waals surface area contributed by atoms with E-state index >= 15 is 0 Å². The average Bonchev–Trinajstić information content (AvgIpc) is 3.14. The largest absolute Gasteiger partial charge is 0.373 e. The van der Waals surface area contributed by atoms with Gasteiger partial charge in [0.25, 0.3) is 0 Å². The van der Waals surface area contributed by atoms with Crippen LogP contribution >= 0.6 is 0 Å². The normalized spacial score (nSPS) is 32.0. The maximum absolute atomic E-state index is 6.62. The molecule has 0 aromatic heterocycles. The fourth-order valence-electron chi connectivity index (χ4n) is 11.4. The topological polar surface area (TPSA) is 9.23 Å². The Morgan fingerprint density at radius 2 is 0.673 bits per heavy atom. The summed E-state index contributed by atoms with van der Waals surface area (Å²) in [6.07, 6.45) is 48.7. The number of hydrogen-bond acceptors (Lipinski definition) is 1. The van der Waals surface area contributed by atoms with E-state index in [1.54, 1.807) is 0 Å². The quantitative estimate of drug-likeness (QED) is 0.0818. The van der Waals surface area contributed by atoms with E-state index in [1.165, 1.54) is 193 Å². The van der Waals surface area contributed by atoms with Gasteiger partial charge in [0.2, 0.25) is 0 Å². The van der Waals surface area contributed by atoms with Crippen molar-refractivity contribution in [2.24, 2.45) is 47.3 Å². The molecule has 4 saturated carbocycles. The molecule has 0 spiro atoms. The first-order valence-corrected chi connectivity index (χ1v) is 23.1. The Balaban J connectivity index is 1.34. The van der Waals surface area contributed by atoms with Crippen LogP contribution in [0.25, 0.3) is 0 Å². The molecule has 0 aliphatic heterocycles. The molecule has 0 N–H and O–H groups in total.